The third-order valence-corrected chi connectivity index (χ3v) is 15.8. The molecule has 4 aliphatic heterocycles. The van der Waals surface area contributed by atoms with Crippen LogP contribution >= 0.6 is 11.6 Å². The third-order valence-electron chi connectivity index (χ3n) is 14.3. The maximum absolute atomic E-state index is 14.5. The highest BCUT2D eigenvalue weighted by atomic mass is 35.5. The Kier molecular flexibility index (Phi) is 12.5. The number of sulfonamides is 1. The van der Waals surface area contributed by atoms with Gasteiger partial charge in [0.2, 0.25) is 5.88 Å². The fraction of sp³-hybridized carbons (Fsp3) is 0.440. The van der Waals surface area contributed by atoms with Crippen LogP contribution in [0.2, 0.25) is 5.02 Å². The van der Waals surface area contributed by atoms with Crippen molar-refractivity contribution in [3.63, 3.8) is 0 Å². The molecular formula is C50H57ClN8O8S. The molecule has 68 heavy (non-hydrogen) atoms. The maximum atomic E-state index is 14.5. The predicted molar refractivity (Wildman–Crippen MR) is 263 cm³/mol. The van der Waals surface area contributed by atoms with Crippen LogP contribution in [0, 0.1) is 21.4 Å². The number of hydrogen-bond acceptors (Lipinski definition) is 13. The van der Waals surface area contributed by atoms with Crippen molar-refractivity contribution in [2.24, 2.45) is 11.3 Å². The molecule has 2 fully saturated rings. The molecule has 0 bridgehead atoms. The van der Waals surface area contributed by atoms with E-state index in [9.17, 15) is 23.3 Å². The third kappa shape index (κ3) is 9.45. The second-order valence-electron chi connectivity index (χ2n) is 19.5. The van der Waals surface area contributed by atoms with Crippen LogP contribution in [0.5, 0.6) is 11.6 Å². The number of anilines is 4. The van der Waals surface area contributed by atoms with Crippen molar-refractivity contribution in [3.8, 4) is 11.6 Å². The van der Waals surface area contributed by atoms with Gasteiger partial charge in [-0.1, -0.05) is 43.2 Å². The van der Waals surface area contributed by atoms with Gasteiger partial charge in [0, 0.05) is 80.4 Å². The summed E-state index contributed by atoms with van der Waals surface area (Å²) in [4.78, 5) is 40.5. The highest BCUT2D eigenvalue weighted by Gasteiger charge is 2.37. The molecule has 0 saturated carbocycles. The number of nitro groups is 1. The van der Waals surface area contributed by atoms with Crippen LogP contribution in [0.15, 0.2) is 83.4 Å². The second-order valence-corrected chi connectivity index (χ2v) is 21.6. The molecular weight excluding hydrogens is 908 g/mol. The van der Waals surface area contributed by atoms with Gasteiger partial charge in [-0.3, -0.25) is 19.8 Å². The number of benzene rings is 3. The lowest BCUT2D eigenvalue weighted by atomic mass is 9.72. The van der Waals surface area contributed by atoms with Crippen molar-refractivity contribution < 1.29 is 32.3 Å². The first-order valence-corrected chi connectivity index (χ1v) is 25.4. The number of pyridine rings is 1. The van der Waals surface area contributed by atoms with Crippen molar-refractivity contribution >= 4 is 72.6 Å². The van der Waals surface area contributed by atoms with Gasteiger partial charge in [-0.25, -0.2) is 13.1 Å². The summed E-state index contributed by atoms with van der Waals surface area (Å²) >= 11 is 6.26. The molecule has 6 heterocycles. The van der Waals surface area contributed by atoms with Gasteiger partial charge in [0.1, 0.15) is 24.0 Å². The van der Waals surface area contributed by atoms with Gasteiger partial charge >= 0.3 is 0 Å². The van der Waals surface area contributed by atoms with Gasteiger partial charge in [0.05, 0.1) is 33.7 Å². The number of piperazine rings is 1. The Hall–Kier alpha value is -5.88. The van der Waals surface area contributed by atoms with E-state index in [0.29, 0.717) is 42.7 Å². The van der Waals surface area contributed by atoms with Crippen molar-refractivity contribution in [1.82, 2.24) is 19.6 Å². The molecule has 3 N–H and O–H groups in total. The number of halogens is 1. The number of H-pyrrole nitrogens is 1. The average molecular weight is 966 g/mol. The first-order chi connectivity index (χ1) is 32.7. The van der Waals surface area contributed by atoms with Crippen LogP contribution < -0.4 is 29.3 Å². The van der Waals surface area contributed by atoms with Gasteiger partial charge in [-0.05, 0) is 110 Å². The molecule has 10 rings (SSSR count). The van der Waals surface area contributed by atoms with Gasteiger partial charge in [0.25, 0.3) is 21.6 Å². The molecule has 18 heteroatoms. The number of aromatic amines is 1. The monoisotopic (exact) mass is 964 g/mol. The summed E-state index contributed by atoms with van der Waals surface area (Å²) in [6.07, 6.45) is 7.29. The van der Waals surface area contributed by atoms with Crippen molar-refractivity contribution in [1.29, 1.82) is 0 Å². The molecule has 0 unspecified atom stereocenters. The van der Waals surface area contributed by atoms with E-state index >= 15 is 0 Å². The number of aromatic nitrogens is 2. The topological polar surface area (TPSA) is 184 Å². The van der Waals surface area contributed by atoms with Crippen LogP contribution in [0.25, 0.3) is 16.6 Å². The lowest BCUT2D eigenvalue weighted by molar-refractivity contribution is -0.384. The minimum absolute atomic E-state index is 0.0285. The Balaban J connectivity index is 0.913. The second kappa shape index (κ2) is 18.6. The minimum Gasteiger partial charge on any atom is -0.489 e. The lowest BCUT2D eigenvalue weighted by Crippen LogP contribution is -2.46. The minimum atomic E-state index is -4.66. The maximum Gasteiger partial charge on any atom is 0.297 e. The molecule has 1 aliphatic carbocycles. The van der Waals surface area contributed by atoms with E-state index in [2.05, 4.69) is 50.8 Å². The Morgan fingerprint density at radius 2 is 1.79 bits per heavy atom. The van der Waals surface area contributed by atoms with Crippen molar-refractivity contribution in [2.45, 2.75) is 76.3 Å². The summed E-state index contributed by atoms with van der Waals surface area (Å²) in [5.41, 5.74) is 6.84. The van der Waals surface area contributed by atoms with Gasteiger partial charge in [0.15, 0.2) is 11.4 Å². The van der Waals surface area contributed by atoms with Gasteiger partial charge in [-0.2, -0.15) is 4.98 Å². The zero-order valence-electron chi connectivity index (χ0n) is 38.6. The number of carbonyl (C=O) groups excluding carboxylic acids is 1. The zero-order valence-corrected chi connectivity index (χ0v) is 40.1. The summed E-state index contributed by atoms with van der Waals surface area (Å²) in [5, 5.41) is 17.3. The Morgan fingerprint density at radius 3 is 2.56 bits per heavy atom. The van der Waals surface area contributed by atoms with E-state index in [4.69, 9.17) is 30.8 Å². The highest BCUT2D eigenvalue weighted by Crippen LogP contribution is 2.46. The Labute approximate surface area is 401 Å². The van der Waals surface area contributed by atoms with Gasteiger partial charge in [-0.15, -0.1) is 0 Å². The first-order valence-electron chi connectivity index (χ1n) is 23.6. The molecule has 2 aromatic heterocycles. The predicted octanol–water partition coefficient (Wildman–Crippen LogP) is 8.94. The number of ether oxygens (including phenoxy) is 3. The number of rotatable bonds is 11. The summed E-state index contributed by atoms with van der Waals surface area (Å²) < 4.78 is 48.3. The number of carbonyl (C=O) groups is 1. The molecule has 2 saturated heterocycles. The van der Waals surface area contributed by atoms with Crippen LogP contribution in [-0.4, -0.2) is 105 Å². The number of fused-ring (bicyclic) bond motifs is 3. The number of amides is 1. The van der Waals surface area contributed by atoms with E-state index < -0.39 is 31.4 Å². The number of nitrogens with zero attached hydrogens (tertiary/aromatic N) is 5. The number of hydrogen-bond donors (Lipinski definition) is 3. The summed E-state index contributed by atoms with van der Waals surface area (Å²) in [5.74, 6) is -0.319. The van der Waals surface area contributed by atoms with Crippen LogP contribution in [0.3, 0.4) is 0 Å². The molecule has 0 spiro atoms. The standard InChI is InChI=1S/C50H57ClN8O8S/c1-31-29-58(44-24-35-11-16-52-47(35)54-49(44)67-31)42-25-37(57-20-18-56(19-21-57)17-12-33-10-15-50(2,3)28-40(33)32-4-6-36(51)7-5-32)8-9-39(42)48(60)55-68(63,64)38-26-43(59(61)62)46-45(27-38)66-30-41(53-46)34-13-22-65-23-14-34/h4-9,11,16,24-27,31,34,41,53H,10,12-15,17-23,28-30H2,1-3H3,(H,52,54)(H,55,60)/t31-,41-/m1/s1. The van der Waals surface area contributed by atoms with Crippen LogP contribution in [-0.2, 0) is 14.8 Å². The van der Waals surface area contributed by atoms with E-state index in [1.165, 1.54) is 22.8 Å². The smallest absolute Gasteiger partial charge is 0.297 e. The molecule has 2 atom stereocenters. The number of allylic oxidation sites excluding steroid dienone is 1. The largest absolute Gasteiger partial charge is 0.489 e. The molecule has 16 nitrogen and oxygen atoms in total. The molecule has 358 valence electrons. The van der Waals surface area contributed by atoms with E-state index in [1.807, 2.05) is 48.2 Å². The zero-order chi connectivity index (χ0) is 47.3. The van der Waals surface area contributed by atoms with E-state index in [-0.39, 0.29) is 47.1 Å². The highest BCUT2D eigenvalue weighted by molar-refractivity contribution is 7.90. The first kappa shape index (κ1) is 45.9. The molecule has 5 aliphatic rings. The van der Waals surface area contributed by atoms with E-state index in [1.54, 1.807) is 12.3 Å². The fourth-order valence-electron chi connectivity index (χ4n) is 10.4. The van der Waals surface area contributed by atoms with E-state index in [0.717, 1.165) is 93.4 Å². The molecule has 0 radical (unpaired) electrons. The fourth-order valence-corrected chi connectivity index (χ4v) is 11.5. The summed E-state index contributed by atoms with van der Waals surface area (Å²) in [7, 11) is -4.66. The molecule has 5 aromatic rings. The molecule has 3 aromatic carbocycles. The summed E-state index contributed by atoms with van der Waals surface area (Å²) in [6, 6.07) is 19.5. The van der Waals surface area contributed by atoms with Gasteiger partial charge < -0.3 is 34.3 Å². The Morgan fingerprint density at radius 1 is 1.01 bits per heavy atom. The quantitative estimate of drug-likeness (QED) is 0.0843. The normalized spacial score (nSPS) is 21.1. The van der Waals surface area contributed by atoms with Crippen LogP contribution in [0.4, 0.5) is 28.4 Å². The number of nitrogens with one attached hydrogen (secondary N) is 3. The number of nitro benzene ring substituents is 1. The van der Waals surface area contributed by atoms with Crippen LogP contribution in [0.1, 0.15) is 75.2 Å². The molecule has 1 amide bonds. The average Bonchev–Trinajstić information content (AvgIpc) is 3.79. The lowest BCUT2D eigenvalue weighted by Gasteiger charge is -2.39. The summed E-state index contributed by atoms with van der Waals surface area (Å²) in [6.45, 7) is 12.5. The van der Waals surface area contributed by atoms with Crippen molar-refractivity contribution in [2.75, 3.05) is 74.2 Å². The van der Waals surface area contributed by atoms with Crippen molar-refractivity contribution in [3.05, 3.63) is 105 Å². The SMILES string of the molecule is C[C@@H]1CN(c2cc(N3CCN(CCC4=C(c5ccc(Cl)cc5)CC(C)(C)CC4)CC3)ccc2C(=O)NS(=O)(=O)c2cc3c(c([N+](=O)[O-])c2)N[C@@H](C2CCOCC2)CO3)c2cc3cc[nH]c3nc2O1. The Bertz CT molecular complexity index is 2890.